The first-order valence-electron chi connectivity index (χ1n) is 5.58. The van der Waals surface area contributed by atoms with Gasteiger partial charge >= 0.3 is 5.97 Å². The lowest BCUT2D eigenvalue weighted by Gasteiger charge is -2.15. The molecule has 0 fully saturated rings. The molecule has 1 rings (SSSR count). The number of rotatable bonds is 5. The van der Waals surface area contributed by atoms with Crippen LogP contribution in [0.5, 0.6) is 11.5 Å². The largest absolute Gasteiger partial charge is 0.493 e. The zero-order valence-corrected chi connectivity index (χ0v) is 11.0. The lowest BCUT2D eigenvalue weighted by Crippen LogP contribution is -2.11. The normalized spacial score (nSPS) is 10.3. The average Bonchev–Trinajstić information content (AvgIpc) is 2.34. The van der Waals surface area contributed by atoms with Gasteiger partial charge in [0, 0.05) is 6.07 Å². The van der Waals surface area contributed by atoms with Crippen molar-refractivity contribution in [2.24, 2.45) is 5.92 Å². The molecular weight excluding hydrogens is 239 g/mol. The first-order chi connectivity index (χ1) is 8.49. The van der Waals surface area contributed by atoms with Gasteiger partial charge in [0.05, 0.1) is 20.8 Å². The van der Waals surface area contributed by atoms with E-state index in [9.17, 15) is 9.18 Å². The highest BCUT2D eigenvalue weighted by Gasteiger charge is 2.20. The fourth-order valence-electron chi connectivity index (χ4n) is 1.38. The first-order valence-corrected chi connectivity index (χ1v) is 5.58. The van der Waals surface area contributed by atoms with Crippen molar-refractivity contribution in [1.29, 1.82) is 0 Å². The molecule has 0 heterocycles. The minimum atomic E-state index is -0.661. The molecule has 100 valence electrons. The number of esters is 1. The summed E-state index contributed by atoms with van der Waals surface area (Å²) < 4.78 is 28.5. The van der Waals surface area contributed by atoms with Crippen molar-refractivity contribution in [3.05, 3.63) is 23.5 Å². The van der Waals surface area contributed by atoms with Crippen LogP contribution in [0.4, 0.5) is 4.39 Å². The van der Waals surface area contributed by atoms with Crippen molar-refractivity contribution in [2.75, 3.05) is 20.8 Å². The van der Waals surface area contributed by atoms with E-state index in [0.717, 1.165) is 6.07 Å². The van der Waals surface area contributed by atoms with Crippen molar-refractivity contribution in [2.45, 2.75) is 13.8 Å². The summed E-state index contributed by atoms with van der Waals surface area (Å²) in [5.74, 6) is -0.587. The summed E-state index contributed by atoms with van der Waals surface area (Å²) in [5.41, 5.74) is 0.0231. The van der Waals surface area contributed by atoms with Crippen LogP contribution in [0.25, 0.3) is 0 Å². The van der Waals surface area contributed by atoms with Crippen LogP contribution in [0.15, 0.2) is 12.1 Å². The minimum Gasteiger partial charge on any atom is -0.493 e. The van der Waals surface area contributed by atoms with Gasteiger partial charge in [-0.1, -0.05) is 13.8 Å². The Labute approximate surface area is 106 Å². The first kappa shape index (κ1) is 14.3. The summed E-state index contributed by atoms with van der Waals surface area (Å²) in [7, 11) is 2.62. The zero-order valence-electron chi connectivity index (χ0n) is 11.0. The highest BCUT2D eigenvalue weighted by Crippen LogP contribution is 2.33. The molecule has 1 aromatic rings. The zero-order chi connectivity index (χ0) is 13.7. The van der Waals surface area contributed by atoms with E-state index in [4.69, 9.17) is 9.47 Å². The molecule has 0 radical (unpaired) electrons. The van der Waals surface area contributed by atoms with Crippen molar-refractivity contribution >= 4 is 5.97 Å². The Kier molecular flexibility index (Phi) is 4.95. The molecule has 0 unspecified atom stereocenters. The summed E-state index contributed by atoms with van der Waals surface area (Å²) in [5, 5.41) is 0. The Morgan fingerprint density at radius 1 is 1.33 bits per heavy atom. The summed E-state index contributed by atoms with van der Waals surface area (Å²) in [4.78, 5) is 11.6. The smallest absolute Gasteiger partial charge is 0.341 e. The van der Waals surface area contributed by atoms with Gasteiger partial charge in [-0.3, -0.25) is 0 Å². The molecule has 0 N–H and O–H groups in total. The molecule has 18 heavy (non-hydrogen) atoms. The van der Waals surface area contributed by atoms with Crippen LogP contribution in [0.2, 0.25) is 0 Å². The number of benzene rings is 1. The van der Waals surface area contributed by atoms with Crippen molar-refractivity contribution in [3.8, 4) is 11.5 Å². The molecule has 0 saturated heterocycles. The monoisotopic (exact) mass is 256 g/mol. The average molecular weight is 256 g/mol. The van der Waals surface area contributed by atoms with Gasteiger partial charge in [-0.25, -0.2) is 9.18 Å². The molecule has 5 heteroatoms. The molecule has 0 spiro atoms. The second-order valence-electron chi connectivity index (χ2n) is 4.18. The van der Waals surface area contributed by atoms with E-state index in [1.165, 1.54) is 20.3 Å². The van der Waals surface area contributed by atoms with E-state index in [1.807, 2.05) is 13.8 Å². The third kappa shape index (κ3) is 3.35. The molecule has 0 bridgehead atoms. The molecule has 0 aliphatic rings. The van der Waals surface area contributed by atoms with Gasteiger partial charge in [0.1, 0.15) is 11.4 Å². The van der Waals surface area contributed by atoms with E-state index < -0.39 is 11.8 Å². The molecule has 1 aromatic carbocycles. The van der Waals surface area contributed by atoms with Crippen molar-refractivity contribution < 1.29 is 23.4 Å². The molecule has 0 aliphatic carbocycles. The van der Waals surface area contributed by atoms with Crippen molar-refractivity contribution in [3.63, 3.8) is 0 Å². The summed E-state index contributed by atoms with van der Waals surface area (Å²) in [6, 6.07) is 2.24. The molecule has 0 saturated carbocycles. The second kappa shape index (κ2) is 6.23. The third-order valence-corrected chi connectivity index (χ3v) is 2.21. The molecule has 0 amide bonds. The summed E-state index contributed by atoms with van der Waals surface area (Å²) >= 11 is 0. The standard InChI is InChI=1S/C13H17FO4/c1-8(2)7-18-12-10(13(15)17-4)5-9(14)6-11(12)16-3/h5-6,8H,7H2,1-4H3. The maximum absolute atomic E-state index is 13.3. The van der Waals surface area contributed by atoms with Crippen LogP contribution >= 0.6 is 0 Å². The van der Waals surface area contributed by atoms with Gasteiger partial charge in [0.25, 0.3) is 0 Å². The minimum absolute atomic E-state index is 0.0231. The molecule has 0 aromatic heterocycles. The quantitative estimate of drug-likeness (QED) is 0.760. The lowest BCUT2D eigenvalue weighted by molar-refractivity contribution is 0.0593. The second-order valence-corrected chi connectivity index (χ2v) is 4.18. The number of carbonyl (C=O) groups excluding carboxylic acids is 1. The van der Waals surface area contributed by atoms with E-state index in [2.05, 4.69) is 4.74 Å². The van der Waals surface area contributed by atoms with E-state index in [0.29, 0.717) is 6.61 Å². The number of carbonyl (C=O) groups is 1. The summed E-state index contributed by atoms with van der Waals surface area (Å²) in [6.45, 7) is 4.33. The Morgan fingerprint density at radius 3 is 2.50 bits per heavy atom. The predicted octanol–water partition coefficient (Wildman–Crippen LogP) is 2.66. The van der Waals surface area contributed by atoms with Crippen LogP contribution in [0.3, 0.4) is 0 Å². The number of hydrogen-bond acceptors (Lipinski definition) is 4. The van der Waals surface area contributed by atoms with Crippen LogP contribution in [0.1, 0.15) is 24.2 Å². The van der Waals surface area contributed by atoms with Gasteiger partial charge in [-0.05, 0) is 12.0 Å². The molecule has 4 nitrogen and oxygen atoms in total. The van der Waals surface area contributed by atoms with Gasteiger partial charge in [0.2, 0.25) is 0 Å². The van der Waals surface area contributed by atoms with Gasteiger partial charge in [-0.2, -0.15) is 0 Å². The fourth-order valence-corrected chi connectivity index (χ4v) is 1.38. The van der Waals surface area contributed by atoms with E-state index in [1.54, 1.807) is 0 Å². The van der Waals surface area contributed by atoms with Gasteiger partial charge in [0.15, 0.2) is 11.5 Å². The predicted molar refractivity (Wildman–Crippen MR) is 64.6 cm³/mol. The van der Waals surface area contributed by atoms with Crippen LogP contribution in [-0.2, 0) is 4.74 Å². The highest BCUT2D eigenvalue weighted by molar-refractivity contribution is 5.93. The van der Waals surface area contributed by atoms with Gasteiger partial charge < -0.3 is 14.2 Å². The van der Waals surface area contributed by atoms with Crippen LogP contribution in [-0.4, -0.2) is 26.8 Å². The Bertz CT molecular complexity index is 429. The Balaban J connectivity index is 3.19. The Hall–Kier alpha value is -1.78. The maximum atomic E-state index is 13.3. The fraction of sp³-hybridized carbons (Fsp3) is 0.462. The lowest BCUT2D eigenvalue weighted by atomic mass is 10.1. The van der Waals surface area contributed by atoms with Gasteiger partial charge in [-0.15, -0.1) is 0 Å². The number of hydrogen-bond donors (Lipinski definition) is 0. The maximum Gasteiger partial charge on any atom is 0.341 e. The molecule has 0 atom stereocenters. The number of methoxy groups -OCH3 is 2. The SMILES string of the molecule is COC(=O)c1cc(F)cc(OC)c1OCC(C)C. The van der Waals surface area contributed by atoms with Crippen molar-refractivity contribution in [1.82, 2.24) is 0 Å². The topological polar surface area (TPSA) is 44.8 Å². The summed E-state index contributed by atoms with van der Waals surface area (Å²) in [6.07, 6.45) is 0. The number of halogens is 1. The third-order valence-electron chi connectivity index (χ3n) is 2.21. The molecular formula is C13H17FO4. The number of ether oxygens (including phenoxy) is 3. The highest BCUT2D eigenvalue weighted by atomic mass is 19.1. The van der Waals surface area contributed by atoms with Crippen LogP contribution in [0, 0.1) is 11.7 Å². The Morgan fingerprint density at radius 2 is 2.00 bits per heavy atom. The van der Waals surface area contributed by atoms with Crippen LogP contribution < -0.4 is 9.47 Å². The van der Waals surface area contributed by atoms with E-state index in [-0.39, 0.29) is 23.0 Å². The molecule has 0 aliphatic heterocycles. The van der Waals surface area contributed by atoms with E-state index >= 15 is 0 Å².